The minimum absolute atomic E-state index is 0.0635. The highest BCUT2D eigenvalue weighted by atomic mass is 32.1. The predicted molar refractivity (Wildman–Crippen MR) is 119 cm³/mol. The molecule has 0 unspecified atom stereocenters. The molecular formula is C22H25N3O2S2. The zero-order valence-electron chi connectivity index (χ0n) is 16.6. The molecule has 3 aromatic heterocycles. The summed E-state index contributed by atoms with van der Waals surface area (Å²) >= 11 is 3.17. The van der Waals surface area contributed by atoms with E-state index in [1.54, 1.807) is 17.7 Å². The number of piperidine rings is 1. The molecule has 0 aromatic carbocycles. The van der Waals surface area contributed by atoms with E-state index in [2.05, 4.69) is 28.9 Å². The van der Waals surface area contributed by atoms with E-state index < -0.39 is 0 Å². The van der Waals surface area contributed by atoms with Crippen molar-refractivity contribution >= 4 is 38.8 Å². The Balaban J connectivity index is 1.45. The summed E-state index contributed by atoms with van der Waals surface area (Å²) in [5.74, 6) is 0.706. The van der Waals surface area contributed by atoms with Gasteiger partial charge in [0.15, 0.2) is 0 Å². The zero-order chi connectivity index (χ0) is 20.0. The molecule has 5 rings (SSSR count). The molecule has 5 nitrogen and oxygen atoms in total. The quantitative estimate of drug-likeness (QED) is 0.610. The van der Waals surface area contributed by atoms with Crippen molar-refractivity contribution in [2.45, 2.75) is 58.0 Å². The van der Waals surface area contributed by atoms with Gasteiger partial charge in [0.25, 0.3) is 5.56 Å². The van der Waals surface area contributed by atoms with E-state index in [9.17, 15) is 9.59 Å². The van der Waals surface area contributed by atoms with E-state index in [1.165, 1.54) is 46.5 Å². The molecule has 4 heterocycles. The smallest absolute Gasteiger partial charge is 0.263 e. The maximum atomic E-state index is 13.3. The van der Waals surface area contributed by atoms with Gasteiger partial charge in [-0.25, -0.2) is 4.98 Å². The van der Waals surface area contributed by atoms with E-state index in [0.29, 0.717) is 17.3 Å². The second kappa shape index (κ2) is 7.69. The first-order chi connectivity index (χ1) is 14.1. The van der Waals surface area contributed by atoms with Crippen molar-refractivity contribution in [1.82, 2.24) is 14.5 Å². The summed E-state index contributed by atoms with van der Waals surface area (Å²) in [5.41, 5.74) is 0.829. The van der Waals surface area contributed by atoms with E-state index in [1.807, 2.05) is 5.38 Å². The molecule has 0 radical (unpaired) electrons. The van der Waals surface area contributed by atoms with Crippen LogP contribution in [0, 0.1) is 12.8 Å². The first kappa shape index (κ1) is 19.0. The first-order valence-corrected chi connectivity index (χ1v) is 12.1. The van der Waals surface area contributed by atoms with Crippen LogP contribution in [-0.4, -0.2) is 32.9 Å². The summed E-state index contributed by atoms with van der Waals surface area (Å²) < 4.78 is 1.51. The van der Waals surface area contributed by atoms with Crippen molar-refractivity contribution < 1.29 is 4.79 Å². The number of carbonyl (C=O) groups excluding carboxylic acids is 1. The van der Waals surface area contributed by atoms with Crippen molar-refractivity contribution in [3.63, 3.8) is 0 Å². The molecule has 1 saturated carbocycles. The van der Waals surface area contributed by atoms with E-state index in [-0.39, 0.29) is 18.0 Å². The summed E-state index contributed by atoms with van der Waals surface area (Å²) in [5, 5.41) is 2.65. The molecule has 1 aliphatic carbocycles. The van der Waals surface area contributed by atoms with Gasteiger partial charge in [-0.2, -0.15) is 0 Å². The highest BCUT2D eigenvalue weighted by Gasteiger charge is 2.35. The summed E-state index contributed by atoms with van der Waals surface area (Å²) in [7, 11) is 0. The van der Waals surface area contributed by atoms with Gasteiger partial charge in [-0.3, -0.25) is 14.2 Å². The van der Waals surface area contributed by atoms with Crippen LogP contribution in [0.5, 0.6) is 0 Å². The van der Waals surface area contributed by atoms with Gasteiger partial charge in [-0.15, -0.1) is 22.7 Å². The average Bonchev–Trinajstić information content (AvgIpc) is 3.36. The molecule has 2 atom stereocenters. The van der Waals surface area contributed by atoms with Gasteiger partial charge < -0.3 is 4.90 Å². The molecule has 1 aliphatic heterocycles. The molecule has 29 heavy (non-hydrogen) atoms. The minimum Gasteiger partial charge on any atom is -0.338 e. The van der Waals surface area contributed by atoms with Gasteiger partial charge in [-0.1, -0.05) is 12.8 Å². The van der Waals surface area contributed by atoms with Crippen molar-refractivity contribution in [1.29, 1.82) is 0 Å². The molecule has 0 spiro atoms. The number of hydrogen-bond donors (Lipinski definition) is 0. The van der Waals surface area contributed by atoms with Gasteiger partial charge in [0.05, 0.1) is 11.7 Å². The molecule has 3 aromatic rings. The van der Waals surface area contributed by atoms with E-state index >= 15 is 0 Å². The van der Waals surface area contributed by atoms with E-state index in [4.69, 9.17) is 0 Å². The molecular weight excluding hydrogens is 402 g/mol. The van der Waals surface area contributed by atoms with Crippen LogP contribution >= 0.6 is 22.7 Å². The Labute approximate surface area is 178 Å². The molecule has 152 valence electrons. The fourth-order valence-electron chi connectivity index (χ4n) is 5.01. The normalized spacial score (nSPS) is 22.0. The number of carbonyl (C=O) groups is 1. The Bertz CT molecular complexity index is 1110. The molecule has 0 N–H and O–H groups in total. The van der Waals surface area contributed by atoms with Crippen LogP contribution in [0.4, 0.5) is 0 Å². The van der Waals surface area contributed by atoms with Crippen LogP contribution in [0.15, 0.2) is 28.6 Å². The highest BCUT2D eigenvalue weighted by molar-refractivity contribution is 7.19. The number of aromatic nitrogens is 2. The molecule has 1 saturated heterocycles. The summed E-state index contributed by atoms with van der Waals surface area (Å²) in [6, 6.07) is 4.49. The fraction of sp³-hybridized carbons (Fsp3) is 0.500. The summed E-state index contributed by atoms with van der Waals surface area (Å²) in [6.07, 6.45) is 8.69. The fourth-order valence-corrected chi connectivity index (χ4v) is 6.87. The summed E-state index contributed by atoms with van der Waals surface area (Å²) in [4.78, 5) is 36.0. The first-order valence-electron chi connectivity index (χ1n) is 10.4. The molecule has 0 bridgehead atoms. The SMILES string of the molecule is Cc1ccc(-c2csc3ncn(CC(=O)N4CCC[C@@H]5CCCC[C@@H]54)c(=O)c23)s1. The predicted octanol–water partition coefficient (Wildman–Crippen LogP) is 4.68. The monoisotopic (exact) mass is 427 g/mol. The van der Waals surface area contributed by atoms with E-state index in [0.717, 1.165) is 34.7 Å². The van der Waals surface area contributed by atoms with Crippen molar-refractivity contribution in [3.8, 4) is 10.4 Å². The molecule has 2 fully saturated rings. The van der Waals surface area contributed by atoms with Gasteiger partial charge in [0.2, 0.25) is 5.91 Å². The number of fused-ring (bicyclic) bond motifs is 2. The van der Waals surface area contributed by atoms with Gasteiger partial charge in [0.1, 0.15) is 11.4 Å². The summed E-state index contributed by atoms with van der Waals surface area (Å²) in [6.45, 7) is 2.97. The molecule has 7 heteroatoms. The Morgan fingerprint density at radius 2 is 2.03 bits per heavy atom. The lowest BCUT2D eigenvalue weighted by atomic mass is 9.78. The number of thiophene rings is 2. The molecule has 2 aliphatic rings. The lowest BCUT2D eigenvalue weighted by molar-refractivity contribution is -0.138. The maximum absolute atomic E-state index is 13.3. The standard InChI is InChI=1S/C22H25N3O2S2/c1-14-8-9-18(29-14)16-12-28-21-20(16)22(27)24(13-23-21)11-19(26)25-10-4-6-15-5-2-3-7-17(15)25/h8-9,12-13,15,17H,2-7,10-11H2,1H3/t15-,17-/m0/s1. The zero-order valence-corrected chi connectivity index (χ0v) is 18.2. The lowest BCUT2D eigenvalue weighted by Gasteiger charge is -2.44. The number of rotatable bonds is 3. The molecule has 1 amide bonds. The van der Waals surface area contributed by atoms with Crippen molar-refractivity contribution in [2.75, 3.05) is 6.54 Å². The van der Waals surface area contributed by atoms with Crippen molar-refractivity contribution in [3.05, 3.63) is 39.1 Å². The Kier molecular flexibility index (Phi) is 5.04. The van der Waals surface area contributed by atoms with Crippen LogP contribution in [-0.2, 0) is 11.3 Å². The number of amides is 1. The second-order valence-corrected chi connectivity index (χ2v) is 10.4. The van der Waals surface area contributed by atoms with Crippen LogP contribution < -0.4 is 5.56 Å². The Morgan fingerprint density at radius 3 is 2.86 bits per heavy atom. The van der Waals surface area contributed by atoms with Crippen LogP contribution in [0.1, 0.15) is 43.4 Å². The number of aryl methyl sites for hydroxylation is 1. The van der Waals surface area contributed by atoms with Crippen molar-refractivity contribution in [2.24, 2.45) is 5.92 Å². The third-order valence-corrected chi connectivity index (χ3v) is 8.36. The second-order valence-electron chi connectivity index (χ2n) is 8.26. The average molecular weight is 428 g/mol. The number of nitrogens with zero attached hydrogens (tertiary/aromatic N) is 3. The third-order valence-electron chi connectivity index (χ3n) is 6.44. The Hall–Kier alpha value is -1.99. The highest BCUT2D eigenvalue weighted by Crippen LogP contribution is 2.36. The Morgan fingerprint density at radius 1 is 1.21 bits per heavy atom. The van der Waals surface area contributed by atoms with Crippen LogP contribution in [0.3, 0.4) is 0 Å². The number of likely N-dealkylation sites (tertiary alicyclic amines) is 1. The van der Waals surface area contributed by atoms with Gasteiger partial charge in [0, 0.05) is 33.3 Å². The maximum Gasteiger partial charge on any atom is 0.263 e. The third kappa shape index (κ3) is 3.44. The number of hydrogen-bond acceptors (Lipinski definition) is 5. The van der Waals surface area contributed by atoms with Crippen LogP contribution in [0.25, 0.3) is 20.7 Å². The van der Waals surface area contributed by atoms with Gasteiger partial charge in [-0.05, 0) is 50.7 Å². The topological polar surface area (TPSA) is 55.2 Å². The lowest BCUT2D eigenvalue weighted by Crippen LogP contribution is -2.51. The van der Waals surface area contributed by atoms with Gasteiger partial charge >= 0.3 is 0 Å². The largest absolute Gasteiger partial charge is 0.338 e. The van der Waals surface area contributed by atoms with Crippen LogP contribution in [0.2, 0.25) is 0 Å². The minimum atomic E-state index is -0.108.